The van der Waals surface area contributed by atoms with E-state index in [0.717, 1.165) is 43.8 Å². The lowest BCUT2D eigenvalue weighted by Crippen LogP contribution is -2.37. The molecule has 28 heavy (non-hydrogen) atoms. The van der Waals surface area contributed by atoms with Gasteiger partial charge in [0.1, 0.15) is 5.82 Å². The minimum Gasteiger partial charge on any atom is -0.379 e. The van der Waals surface area contributed by atoms with E-state index in [4.69, 9.17) is 9.72 Å². The predicted octanol–water partition coefficient (Wildman–Crippen LogP) is 3.84. The molecule has 2 aromatic heterocycles. The average Bonchev–Trinajstić information content (AvgIpc) is 3.26. The van der Waals surface area contributed by atoms with Gasteiger partial charge in [0.25, 0.3) is 0 Å². The zero-order valence-corrected chi connectivity index (χ0v) is 16.7. The van der Waals surface area contributed by atoms with Gasteiger partial charge in [0.15, 0.2) is 0 Å². The van der Waals surface area contributed by atoms with Crippen molar-refractivity contribution >= 4 is 11.0 Å². The second kappa shape index (κ2) is 7.30. The quantitative estimate of drug-likeness (QED) is 0.694. The van der Waals surface area contributed by atoms with Crippen LogP contribution in [0.5, 0.6) is 0 Å². The monoisotopic (exact) mass is 376 g/mol. The zero-order valence-electron chi connectivity index (χ0n) is 16.7. The first-order valence-corrected chi connectivity index (χ1v) is 10.3. The van der Waals surface area contributed by atoms with Gasteiger partial charge in [0, 0.05) is 39.1 Å². The highest BCUT2D eigenvalue weighted by Crippen LogP contribution is 2.44. The topological polar surface area (TPSA) is 43.2 Å². The fourth-order valence-corrected chi connectivity index (χ4v) is 5.47. The number of rotatable bonds is 4. The molecule has 0 radical (unpaired) electrons. The molecule has 3 heterocycles. The van der Waals surface area contributed by atoms with E-state index < -0.39 is 0 Å². The van der Waals surface area contributed by atoms with Crippen molar-refractivity contribution in [2.45, 2.75) is 38.5 Å². The summed E-state index contributed by atoms with van der Waals surface area (Å²) < 4.78 is 8.45. The highest BCUT2D eigenvalue weighted by Gasteiger charge is 2.43. The van der Waals surface area contributed by atoms with E-state index in [1.54, 1.807) is 0 Å². The lowest BCUT2D eigenvalue weighted by Gasteiger charge is -2.38. The minimum atomic E-state index is 0.246. The number of hydrogen-bond donors (Lipinski definition) is 0. The normalized spacial score (nSPS) is 27.9. The van der Waals surface area contributed by atoms with Gasteiger partial charge in [-0.05, 0) is 55.4 Å². The maximum Gasteiger partial charge on any atom is 0.107 e. The number of hydrogen-bond acceptors (Lipinski definition) is 4. The lowest BCUT2D eigenvalue weighted by atomic mass is 9.77. The second-order valence-electron chi connectivity index (χ2n) is 8.41. The van der Waals surface area contributed by atoms with Crippen molar-refractivity contribution in [3.8, 4) is 0 Å². The molecule has 0 spiro atoms. The van der Waals surface area contributed by atoms with Crippen LogP contribution in [0.15, 0.2) is 48.8 Å². The van der Waals surface area contributed by atoms with E-state index in [1.165, 1.54) is 11.1 Å². The van der Waals surface area contributed by atoms with Crippen molar-refractivity contribution in [3.63, 3.8) is 0 Å². The highest BCUT2D eigenvalue weighted by atomic mass is 16.5. The van der Waals surface area contributed by atoms with Gasteiger partial charge in [-0.15, -0.1) is 0 Å². The molecule has 2 fully saturated rings. The third-order valence-corrected chi connectivity index (χ3v) is 6.70. The van der Waals surface area contributed by atoms with Crippen LogP contribution in [-0.4, -0.2) is 45.7 Å². The van der Waals surface area contributed by atoms with Crippen molar-refractivity contribution in [1.82, 2.24) is 19.4 Å². The van der Waals surface area contributed by atoms with Crippen LogP contribution >= 0.6 is 0 Å². The van der Waals surface area contributed by atoms with Gasteiger partial charge in [-0.1, -0.05) is 18.2 Å². The number of likely N-dealkylation sites (tertiary alicyclic amines) is 1. The SMILES string of the molecule is CO[C@H]1C[C@@H]2CN(Cc3cccnc3)C[C@@H]2C[C@@H]1n1c(C)nc2ccccc21. The summed E-state index contributed by atoms with van der Waals surface area (Å²) in [6, 6.07) is 13.0. The number of pyridine rings is 1. The average molecular weight is 377 g/mol. The molecule has 3 aromatic rings. The Kier molecular flexibility index (Phi) is 4.65. The summed E-state index contributed by atoms with van der Waals surface area (Å²) in [4.78, 5) is 11.7. The fourth-order valence-electron chi connectivity index (χ4n) is 5.47. The van der Waals surface area contributed by atoms with Gasteiger partial charge < -0.3 is 9.30 Å². The molecule has 5 nitrogen and oxygen atoms in total. The van der Waals surface area contributed by atoms with Crippen molar-refractivity contribution in [2.75, 3.05) is 20.2 Å². The smallest absolute Gasteiger partial charge is 0.107 e. The van der Waals surface area contributed by atoms with E-state index in [-0.39, 0.29) is 6.10 Å². The Labute approximate surface area is 166 Å². The van der Waals surface area contributed by atoms with E-state index >= 15 is 0 Å². The number of benzene rings is 1. The third kappa shape index (κ3) is 3.12. The zero-order chi connectivity index (χ0) is 19.1. The van der Waals surface area contributed by atoms with Gasteiger partial charge in [-0.3, -0.25) is 9.88 Å². The largest absolute Gasteiger partial charge is 0.379 e. The van der Waals surface area contributed by atoms with Crippen molar-refractivity contribution < 1.29 is 4.74 Å². The van der Waals surface area contributed by atoms with Crippen molar-refractivity contribution in [1.29, 1.82) is 0 Å². The summed E-state index contributed by atoms with van der Waals surface area (Å²) in [5.41, 5.74) is 3.62. The number of imidazole rings is 1. The summed E-state index contributed by atoms with van der Waals surface area (Å²) in [5.74, 6) is 2.53. The molecule has 2 aliphatic rings. The van der Waals surface area contributed by atoms with Gasteiger partial charge in [-0.2, -0.15) is 0 Å². The van der Waals surface area contributed by atoms with Crippen LogP contribution < -0.4 is 0 Å². The molecule has 1 aliphatic carbocycles. The number of nitrogens with zero attached hydrogens (tertiary/aromatic N) is 4. The maximum absolute atomic E-state index is 6.02. The van der Waals surface area contributed by atoms with E-state index in [1.807, 2.05) is 25.6 Å². The minimum absolute atomic E-state index is 0.246. The van der Waals surface area contributed by atoms with Gasteiger partial charge in [-0.25, -0.2) is 4.98 Å². The van der Waals surface area contributed by atoms with Crippen LogP contribution in [0.2, 0.25) is 0 Å². The number of aryl methyl sites for hydroxylation is 1. The summed E-state index contributed by atoms with van der Waals surface area (Å²) >= 11 is 0. The number of fused-ring (bicyclic) bond motifs is 2. The fraction of sp³-hybridized carbons (Fsp3) is 0.478. The Morgan fingerprint density at radius 1 is 1.07 bits per heavy atom. The summed E-state index contributed by atoms with van der Waals surface area (Å²) in [6.07, 6.45) is 6.37. The Hall–Kier alpha value is -2.24. The lowest BCUT2D eigenvalue weighted by molar-refractivity contribution is -0.0000726. The first-order chi connectivity index (χ1) is 13.7. The molecule has 0 amide bonds. The maximum atomic E-state index is 6.02. The number of methoxy groups -OCH3 is 1. The second-order valence-corrected chi connectivity index (χ2v) is 8.41. The number of aromatic nitrogens is 3. The van der Waals surface area contributed by atoms with Crippen LogP contribution in [0.3, 0.4) is 0 Å². The van der Waals surface area contributed by atoms with Crippen LogP contribution in [0.4, 0.5) is 0 Å². The Bertz CT molecular complexity index is 954. The van der Waals surface area contributed by atoms with E-state index in [0.29, 0.717) is 17.9 Å². The first-order valence-electron chi connectivity index (χ1n) is 10.3. The van der Waals surface area contributed by atoms with Gasteiger partial charge in [0.2, 0.25) is 0 Å². The molecular formula is C23H28N4O. The third-order valence-electron chi connectivity index (χ3n) is 6.70. The molecule has 4 atom stereocenters. The molecule has 5 rings (SSSR count). The van der Waals surface area contributed by atoms with E-state index in [9.17, 15) is 0 Å². The molecule has 1 saturated carbocycles. The molecule has 0 bridgehead atoms. The Morgan fingerprint density at radius 2 is 1.89 bits per heavy atom. The molecule has 1 saturated heterocycles. The molecule has 146 valence electrons. The first kappa shape index (κ1) is 17.8. The molecule has 1 aliphatic heterocycles. The van der Waals surface area contributed by atoms with Crippen molar-refractivity contribution in [2.24, 2.45) is 11.8 Å². The van der Waals surface area contributed by atoms with Gasteiger partial charge in [0.05, 0.1) is 23.2 Å². The van der Waals surface area contributed by atoms with Gasteiger partial charge >= 0.3 is 0 Å². The van der Waals surface area contributed by atoms with Crippen LogP contribution in [-0.2, 0) is 11.3 Å². The van der Waals surface area contributed by atoms with E-state index in [2.05, 4.69) is 51.7 Å². The highest BCUT2D eigenvalue weighted by molar-refractivity contribution is 5.76. The summed E-state index contributed by atoms with van der Waals surface area (Å²) in [7, 11) is 1.87. The molecule has 0 N–H and O–H groups in total. The Balaban J connectivity index is 1.39. The van der Waals surface area contributed by atoms with Crippen LogP contribution in [0.25, 0.3) is 11.0 Å². The molecule has 0 unspecified atom stereocenters. The Morgan fingerprint density at radius 3 is 2.68 bits per heavy atom. The summed E-state index contributed by atoms with van der Waals surface area (Å²) in [6.45, 7) is 5.45. The molecule has 5 heteroatoms. The number of ether oxygens (including phenoxy) is 1. The van der Waals surface area contributed by atoms with Crippen LogP contribution in [0.1, 0.15) is 30.3 Å². The van der Waals surface area contributed by atoms with Crippen molar-refractivity contribution in [3.05, 3.63) is 60.2 Å². The standard InChI is InChI=1S/C23H28N4O/c1-16-25-20-7-3-4-8-21(20)27(16)22-10-18-14-26(13-17-6-5-9-24-12-17)15-19(18)11-23(22)28-2/h3-9,12,18-19,22-23H,10-11,13-15H2,1-2H3/t18-,19+,22-,23-/m0/s1. The van der Waals surface area contributed by atoms with Crippen LogP contribution in [0, 0.1) is 18.8 Å². The predicted molar refractivity (Wildman–Crippen MR) is 110 cm³/mol. The number of para-hydroxylation sites is 2. The molecular weight excluding hydrogens is 348 g/mol. The summed E-state index contributed by atoms with van der Waals surface area (Å²) in [5, 5.41) is 0. The molecule has 1 aromatic carbocycles.